The summed E-state index contributed by atoms with van der Waals surface area (Å²) >= 11 is 0. The smallest absolute Gasteiger partial charge is 0.260 e. The zero-order valence-electron chi connectivity index (χ0n) is 10.6. The minimum absolute atomic E-state index is 0.221. The summed E-state index contributed by atoms with van der Waals surface area (Å²) in [6.07, 6.45) is 0. The number of nitrogens with two attached hydrogens (primary N) is 1. The summed E-state index contributed by atoms with van der Waals surface area (Å²) in [5, 5.41) is 11.2. The molecule has 0 aliphatic rings. The van der Waals surface area contributed by atoms with Crippen LogP contribution < -0.4 is 5.73 Å². The Morgan fingerprint density at radius 2 is 1.95 bits per heavy atom. The van der Waals surface area contributed by atoms with Gasteiger partial charge in [-0.3, -0.25) is 4.79 Å². The Kier molecular flexibility index (Phi) is 4.80. The SMILES string of the molecule is CC(C)N(CC(N)=NO)C(=O)c1c(F)cccc1F. The molecule has 1 aromatic rings. The van der Waals surface area contributed by atoms with Crippen molar-refractivity contribution in [3.63, 3.8) is 0 Å². The van der Waals surface area contributed by atoms with E-state index in [1.807, 2.05) is 0 Å². The lowest BCUT2D eigenvalue weighted by Crippen LogP contribution is -2.43. The van der Waals surface area contributed by atoms with Gasteiger partial charge in [-0.1, -0.05) is 11.2 Å². The first kappa shape index (κ1) is 14.9. The average Bonchev–Trinajstić information content (AvgIpc) is 2.34. The molecule has 0 aliphatic carbocycles. The number of oxime groups is 1. The van der Waals surface area contributed by atoms with Gasteiger partial charge in [-0.2, -0.15) is 0 Å². The van der Waals surface area contributed by atoms with Crippen LogP contribution >= 0.6 is 0 Å². The van der Waals surface area contributed by atoms with Gasteiger partial charge in [-0.15, -0.1) is 0 Å². The summed E-state index contributed by atoms with van der Waals surface area (Å²) in [4.78, 5) is 13.2. The van der Waals surface area contributed by atoms with E-state index in [-0.39, 0.29) is 18.4 Å². The second-order valence-electron chi connectivity index (χ2n) is 4.21. The average molecular weight is 271 g/mol. The van der Waals surface area contributed by atoms with Crippen molar-refractivity contribution in [1.29, 1.82) is 0 Å². The van der Waals surface area contributed by atoms with Crippen LogP contribution in [0.25, 0.3) is 0 Å². The highest BCUT2D eigenvalue weighted by atomic mass is 19.1. The van der Waals surface area contributed by atoms with Crippen molar-refractivity contribution >= 4 is 11.7 Å². The number of benzene rings is 1. The first-order valence-electron chi connectivity index (χ1n) is 5.59. The predicted molar refractivity (Wildman–Crippen MR) is 65.9 cm³/mol. The van der Waals surface area contributed by atoms with E-state index in [0.29, 0.717) is 0 Å². The third kappa shape index (κ3) is 3.40. The highest BCUT2D eigenvalue weighted by Gasteiger charge is 2.25. The molecule has 0 aliphatic heterocycles. The van der Waals surface area contributed by atoms with Crippen LogP contribution in [0, 0.1) is 11.6 Å². The van der Waals surface area contributed by atoms with E-state index >= 15 is 0 Å². The number of halogens is 2. The minimum atomic E-state index is -0.949. The molecular formula is C12H15F2N3O2. The number of amidine groups is 1. The maximum absolute atomic E-state index is 13.5. The van der Waals surface area contributed by atoms with Crippen molar-refractivity contribution in [2.45, 2.75) is 19.9 Å². The fraction of sp³-hybridized carbons (Fsp3) is 0.333. The molecule has 1 rings (SSSR count). The summed E-state index contributed by atoms with van der Waals surface area (Å²) in [6.45, 7) is 3.09. The van der Waals surface area contributed by atoms with Crippen molar-refractivity contribution in [3.05, 3.63) is 35.4 Å². The third-order valence-electron chi connectivity index (χ3n) is 2.52. The normalized spacial score (nSPS) is 11.7. The van der Waals surface area contributed by atoms with E-state index in [9.17, 15) is 13.6 Å². The van der Waals surface area contributed by atoms with Crippen molar-refractivity contribution in [1.82, 2.24) is 4.90 Å². The molecule has 1 aromatic carbocycles. The Balaban J connectivity index is 3.13. The molecule has 0 heterocycles. The molecule has 0 fully saturated rings. The van der Waals surface area contributed by atoms with Gasteiger partial charge in [0.2, 0.25) is 0 Å². The molecule has 0 radical (unpaired) electrons. The fourth-order valence-corrected chi connectivity index (χ4v) is 1.54. The molecule has 0 aromatic heterocycles. The van der Waals surface area contributed by atoms with E-state index in [1.165, 1.54) is 6.07 Å². The van der Waals surface area contributed by atoms with Crippen LogP contribution in [0.1, 0.15) is 24.2 Å². The van der Waals surface area contributed by atoms with Crippen LogP contribution in [-0.4, -0.2) is 34.4 Å². The lowest BCUT2D eigenvalue weighted by molar-refractivity contribution is 0.0724. The first-order valence-corrected chi connectivity index (χ1v) is 5.59. The lowest BCUT2D eigenvalue weighted by Gasteiger charge is -2.26. The van der Waals surface area contributed by atoms with Crippen molar-refractivity contribution in [2.24, 2.45) is 10.9 Å². The zero-order chi connectivity index (χ0) is 14.6. The third-order valence-corrected chi connectivity index (χ3v) is 2.52. The van der Waals surface area contributed by atoms with Gasteiger partial charge in [0.15, 0.2) is 5.84 Å². The summed E-state index contributed by atoms with van der Waals surface area (Å²) in [6, 6.07) is 2.80. The fourth-order valence-electron chi connectivity index (χ4n) is 1.54. The second kappa shape index (κ2) is 6.12. The number of carbonyl (C=O) groups excluding carboxylic acids is 1. The van der Waals surface area contributed by atoms with Gasteiger partial charge in [0.25, 0.3) is 5.91 Å². The van der Waals surface area contributed by atoms with Gasteiger partial charge >= 0.3 is 0 Å². The Bertz CT molecular complexity index is 483. The van der Waals surface area contributed by atoms with E-state index in [4.69, 9.17) is 10.9 Å². The Morgan fingerprint density at radius 1 is 1.42 bits per heavy atom. The van der Waals surface area contributed by atoms with Crippen LogP contribution in [0.5, 0.6) is 0 Å². The number of amides is 1. The summed E-state index contributed by atoms with van der Waals surface area (Å²) in [5.74, 6) is -2.97. The zero-order valence-corrected chi connectivity index (χ0v) is 10.6. The summed E-state index contributed by atoms with van der Waals surface area (Å²) in [5.41, 5.74) is 4.67. The molecule has 7 heteroatoms. The highest BCUT2D eigenvalue weighted by molar-refractivity contribution is 5.97. The van der Waals surface area contributed by atoms with Crippen molar-refractivity contribution < 1.29 is 18.8 Å². The van der Waals surface area contributed by atoms with Gasteiger partial charge in [0.05, 0.1) is 6.54 Å². The molecule has 0 bridgehead atoms. The molecule has 3 N–H and O–H groups in total. The van der Waals surface area contributed by atoms with Crippen LogP contribution in [-0.2, 0) is 0 Å². The van der Waals surface area contributed by atoms with Gasteiger partial charge in [-0.25, -0.2) is 8.78 Å². The maximum atomic E-state index is 13.5. The van der Waals surface area contributed by atoms with E-state index in [2.05, 4.69) is 5.16 Å². The van der Waals surface area contributed by atoms with Gasteiger partial charge in [-0.05, 0) is 26.0 Å². The van der Waals surface area contributed by atoms with E-state index in [0.717, 1.165) is 17.0 Å². The molecular weight excluding hydrogens is 256 g/mol. The summed E-state index contributed by atoms with van der Waals surface area (Å²) in [7, 11) is 0. The Morgan fingerprint density at radius 3 is 2.37 bits per heavy atom. The summed E-state index contributed by atoms with van der Waals surface area (Å²) < 4.78 is 27.1. The number of nitrogens with zero attached hydrogens (tertiary/aromatic N) is 2. The van der Waals surface area contributed by atoms with Crippen molar-refractivity contribution in [2.75, 3.05) is 6.54 Å². The second-order valence-corrected chi connectivity index (χ2v) is 4.21. The van der Waals surface area contributed by atoms with Crippen LogP contribution in [0.2, 0.25) is 0 Å². The monoisotopic (exact) mass is 271 g/mol. The Labute approximate surface area is 109 Å². The largest absolute Gasteiger partial charge is 0.409 e. The molecule has 0 saturated heterocycles. The van der Waals surface area contributed by atoms with Gasteiger partial charge < -0.3 is 15.8 Å². The van der Waals surface area contributed by atoms with Gasteiger partial charge in [0, 0.05) is 6.04 Å². The minimum Gasteiger partial charge on any atom is -0.409 e. The molecule has 0 spiro atoms. The maximum Gasteiger partial charge on any atom is 0.260 e. The number of hydrogen-bond acceptors (Lipinski definition) is 3. The quantitative estimate of drug-likeness (QED) is 0.377. The molecule has 104 valence electrons. The first-order chi connectivity index (χ1) is 8.88. The molecule has 0 unspecified atom stereocenters. The number of rotatable bonds is 4. The highest BCUT2D eigenvalue weighted by Crippen LogP contribution is 2.16. The standard InChI is InChI=1S/C12H15F2N3O2/c1-7(2)17(6-10(15)16-19)12(18)11-8(13)4-3-5-9(11)14/h3-5,7,19H,6H2,1-2H3,(H2,15,16). The van der Waals surface area contributed by atoms with Crippen LogP contribution in [0.15, 0.2) is 23.4 Å². The van der Waals surface area contributed by atoms with E-state index in [1.54, 1.807) is 13.8 Å². The molecule has 0 saturated carbocycles. The lowest BCUT2D eigenvalue weighted by atomic mass is 10.1. The number of hydrogen-bond donors (Lipinski definition) is 2. The molecule has 0 atom stereocenters. The van der Waals surface area contributed by atoms with Crippen LogP contribution in [0.3, 0.4) is 0 Å². The van der Waals surface area contributed by atoms with Crippen LogP contribution in [0.4, 0.5) is 8.78 Å². The predicted octanol–water partition coefficient (Wildman–Crippen LogP) is 1.56. The molecule has 1 amide bonds. The van der Waals surface area contributed by atoms with E-state index < -0.39 is 23.1 Å². The Hall–Kier alpha value is -2.18. The topological polar surface area (TPSA) is 78.9 Å². The number of carbonyl (C=O) groups is 1. The van der Waals surface area contributed by atoms with Gasteiger partial charge in [0.1, 0.15) is 17.2 Å². The molecule has 5 nitrogen and oxygen atoms in total. The molecule has 19 heavy (non-hydrogen) atoms. The van der Waals surface area contributed by atoms with Crippen molar-refractivity contribution in [3.8, 4) is 0 Å².